The zero-order chi connectivity index (χ0) is 26.0. The molecule has 1 spiro atoms. The highest BCUT2D eigenvalue weighted by Crippen LogP contribution is 2.62. The van der Waals surface area contributed by atoms with Crippen LogP contribution in [0.3, 0.4) is 0 Å². The summed E-state index contributed by atoms with van der Waals surface area (Å²) in [4.78, 5) is 45.8. The molecule has 5 nitrogen and oxygen atoms in total. The van der Waals surface area contributed by atoms with E-state index in [2.05, 4.69) is 5.32 Å². The molecule has 6 heteroatoms. The number of para-hydroxylation sites is 1. The predicted octanol–water partition coefficient (Wildman–Crippen LogP) is 6.04. The smallest absolute Gasteiger partial charge is 0.238 e. The minimum Gasteiger partial charge on any atom is -0.358 e. The van der Waals surface area contributed by atoms with Gasteiger partial charge in [0.1, 0.15) is 11.5 Å². The molecule has 4 heterocycles. The van der Waals surface area contributed by atoms with Gasteiger partial charge < -0.3 is 10.2 Å². The maximum Gasteiger partial charge on any atom is 0.238 e. The van der Waals surface area contributed by atoms with Crippen LogP contribution in [-0.2, 0) is 10.2 Å². The van der Waals surface area contributed by atoms with Crippen molar-refractivity contribution in [2.75, 3.05) is 5.32 Å². The molecular formula is C32H24N2O3S. The standard InChI is InChI=1S/C32H24N2O3S/c1-19-12-14-21(15-13-19)28(35)26-27(29(36)25-11-6-18-38-25)34-17-16-20-7-2-3-8-22(20)30(34)32(26)23-9-4-5-10-24(23)33-31(32)37/h2-18,26-27,30H,1H3,(H,33,37)/t26-,27+,30+,32-/m0/s1. The fourth-order valence-corrected chi connectivity index (χ4v) is 7.33. The lowest BCUT2D eigenvalue weighted by atomic mass is 9.62. The Balaban J connectivity index is 1.55. The van der Waals surface area contributed by atoms with Gasteiger partial charge in [-0.2, -0.15) is 0 Å². The van der Waals surface area contributed by atoms with E-state index in [0.29, 0.717) is 16.1 Å². The Bertz CT molecular complexity index is 1640. The van der Waals surface area contributed by atoms with Gasteiger partial charge in [-0.1, -0.05) is 78.4 Å². The van der Waals surface area contributed by atoms with E-state index in [4.69, 9.17) is 0 Å². The third-order valence-corrected chi connectivity index (χ3v) is 9.11. The number of aryl methyl sites for hydroxylation is 1. The maximum atomic E-state index is 14.6. The molecule has 0 bridgehead atoms. The topological polar surface area (TPSA) is 66.5 Å². The molecule has 1 amide bonds. The van der Waals surface area contributed by atoms with Crippen LogP contribution in [0.25, 0.3) is 6.08 Å². The van der Waals surface area contributed by atoms with Crippen LogP contribution >= 0.6 is 11.3 Å². The van der Waals surface area contributed by atoms with Gasteiger partial charge in [0.05, 0.1) is 16.8 Å². The molecule has 3 aliphatic heterocycles. The summed E-state index contributed by atoms with van der Waals surface area (Å²) in [5.41, 5.74) is 3.61. The number of nitrogens with one attached hydrogen (secondary N) is 1. The average Bonchev–Trinajstić information content (AvgIpc) is 3.65. The van der Waals surface area contributed by atoms with E-state index in [1.54, 1.807) is 18.2 Å². The molecule has 0 radical (unpaired) electrons. The van der Waals surface area contributed by atoms with Gasteiger partial charge in [-0.15, -0.1) is 11.3 Å². The SMILES string of the molecule is Cc1ccc(C(=O)[C@@H]2[C@H](C(=O)c3cccs3)N3C=Cc4ccccc4[C@@H]3[C@@]23C(=O)Nc2ccccc23)cc1. The highest BCUT2D eigenvalue weighted by atomic mass is 32.1. The minimum absolute atomic E-state index is 0.145. The number of carbonyl (C=O) groups excluding carboxylic acids is 3. The lowest BCUT2D eigenvalue weighted by Gasteiger charge is -2.38. The summed E-state index contributed by atoms with van der Waals surface area (Å²) in [7, 11) is 0. The Labute approximate surface area is 224 Å². The van der Waals surface area contributed by atoms with Crippen molar-refractivity contribution >= 4 is 40.6 Å². The monoisotopic (exact) mass is 516 g/mol. The van der Waals surface area contributed by atoms with Gasteiger partial charge in [0.2, 0.25) is 5.91 Å². The lowest BCUT2D eigenvalue weighted by molar-refractivity contribution is -0.122. The number of amides is 1. The molecule has 0 aliphatic carbocycles. The summed E-state index contributed by atoms with van der Waals surface area (Å²) >= 11 is 1.36. The van der Waals surface area contributed by atoms with Gasteiger partial charge in [0.25, 0.3) is 0 Å². The number of fused-ring (bicyclic) bond motifs is 6. The third kappa shape index (κ3) is 3.01. The van der Waals surface area contributed by atoms with Gasteiger partial charge in [0, 0.05) is 17.5 Å². The molecule has 4 aromatic rings. The zero-order valence-corrected chi connectivity index (χ0v) is 21.4. The highest BCUT2D eigenvalue weighted by Gasteiger charge is 2.70. The number of hydrogen-bond donors (Lipinski definition) is 1. The van der Waals surface area contributed by atoms with E-state index >= 15 is 0 Å². The van der Waals surface area contributed by atoms with Crippen molar-refractivity contribution in [1.82, 2.24) is 4.90 Å². The highest BCUT2D eigenvalue weighted by molar-refractivity contribution is 7.12. The molecule has 7 rings (SSSR count). The largest absolute Gasteiger partial charge is 0.358 e. The van der Waals surface area contributed by atoms with Gasteiger partial charge in [-0.25, -0.2) is 0 Å². The van der Waals surface area contributed by atoms with Crippen LogP contribution in [0.15, 0.2) is 96.5 Å². The first-order valence-corrected chi connectivity index (χ1v) is 13.5. The van der Waals surface area contributed by atoms with Crippen molar-refractivity contribution in [2.45, 2.75) is 24.4 Å². The van der Waals surface area contributed by atoms with E-state index in [0.717, 1.165) is 22.3 Å². The van der Waals surface area contributed by atoms with E-state index in [-0.39, 0.29) is 17.5 Å². The van der Waals surface area contributed by atoms with Crippen molar-refractivity contribution < 1.29 is 14.4 Å². The summed E-state index contributed by atoms with van der Waals surface area (Å²) in [5, 5.41) is 4.95. The van der Waals surface area contributed by atoms with E-state index < -0.39 is 23.4 Å². The molecule has 186 valence electrons. The van der Waals surface area contributed by atoms with Crippen LogP contribution in [-0.4, -0.2) is 28.4 Å². The van der Waals surface area contributed by atoms with Crippen LogP contribution in [0.1, 0.15) is 48.3 Å². The van der Waals surface area contributed by atoms with Gasteiger partial charge in [-0.3, -0.25) is 14.4 Å². The molecule has 4 atom stereocenters. The molecule has 1 fully saturated rings. The second-order valence-corrected chi connectivity index (χ2v) is 11.1. The fraction of sp³-hybridized carbons (Fsp3) is 0.156. The minimum atomic E-state index is -1.29. The van der Waals surface area contributed by atoms with Crippen LogP contribution in [0.5, 0.6) is 0 Å². The summed E-state index contributed by atoms with van der Waals surface area (Å²) in [6, 6.07) is 25.2. The molecule has 1 saturated heterocycles. The molecule has 3 aromatic carbocycles. The number of thiophene rings is 1. The first-order valence-electron chi connectivity index (χ1n) is 12.7. The maximum absolute atomic E-state index is 14.6. The molecule has 0 unspecified atom stereocenters. The average molecular weight is 517 g/mol. The summed E-state index contributed by atoms with van der Waals surface area (Å²) < 4.78 is 0. The van der Waals surface area contributed by atoms with Gasteiger partial charge in [0.15, 0.2) is 11.6 Å². The fourth-order valence-electron chi connectivity index (χ4n) is 6.63. The second-order valence-electron chi connectivity index (χ2n) is 10.2. The number of hydrogen-bond acceptors (Lipinski definition) is 5. The summed E-state index contributed by atoms with van der Waals surface area (Å²) in [6.45, 7) is 1.97. The molecule has 3 aliphatic rings. The Hall–Kier alpha value is -4.29. The Kier molecular flexibility index (Phi) is 5.03. The number of Topliss-reactive ketones (excluding diaryl/α,β-unsaturated/α-hetero) is 2. The van der Waals surface area contributed by atoms with E-state index in [1.165, 1.54) is 11.3 Å². The first kappa shape index (κ1) is 22.9. The number of anilines is 1. The van der Waals surface area contributed by atoms with Crippen LogP contribution < -0.4 is 5.32 Å². The van der Waals surface area contributed by atoms with Crippen LogP contribution in [0, 0.1) is 12.8 Å². The molecule has 1 N–H and O–H groups in total. The van der Waals surface area contributed by atoms with E-state index in [1.807, 2.05) is 96.2 Å². The van der Waals surface area contributed by atoms with Crippen molar-refractivity contribution in [1.29, 1.82) is 0 Å². The van der Waals surface area contributed by atoms with E-state index in [9.17, 15) is 14.4 Å². The summed E-state index contributed by atoms with van der Waals surface area (Å²) in [6.07, 6.45) is 3.88. The van der Waals surface area contributed by atoms with Gasteiger partial charge in [-0.05, 0) is 47.2 Å². The Morgan fingerprint density at radius 2 is 1.66 bits per heavy atom. The van der Waals surface area contributed by atoms with Crippen molar-refractivity contribution in [3.63, 3.8) is 0 Å². The second kappa shape index (κ2) is 8.36. The molecule has 0 saturated carbocycles. The van der Waals surface area contributed by atoms with Crippen molar-refractivity contribution in [3.8, 4) is 0 Å². The normalized spacial score (nSPS) is 24.6. The van der Waals surface area contributed by atoms with Gasteiger partial charge >= 0.3 is 0 Å². The molecule has 1 aromatic heterocycles. The Morgan fingerprint density at radius 3 is 2.45 bits per heavy atom. The quantitative estimate of drug-likeness (QED) is 0.336. The number of nitrogens with zero attached hydrogens (tertiary/aromatic N) is 1. The van der Waals surface area contributed by atoms with Crippen LogP contribution in [0.4, 0.5) is 5.69 Å². The number of ketones is 2. The van der Waals surface area contributed by atoms with Crippen LogP contribution in [0.2, 0.25) is 0 Å². The third-order valence-electron chi connectivity index (χ3n) is 8.22. The molecule has 38 heavy (non-hydrogen) atoms. The number of carbonyl (C=O) groups is 3. The van der Waals surface area contributed by atoms with Crippen molar-refractivity contribution in [3.05, 3.63) is 129 Å². The number of benzene rings is 3. The predicted molar refractivity (Wildman–Crippen MR) is 148 cm³/mol. The summed E-state index contributed by atoms with van der Waals surface area (Å²) in [5.74, 6) is -1.53. The number of rotatable bonds is 4. The molecular weight excluding hydrogens is 492 g/mol. The lowest BCUT2D eigenvalue weighted by Crippen LogP contribution is -2.49. The van der Waals surface area contributed by atoms with Crippen molar-refractivity contribution in [2.24, 2.45) is 5.92 Å². The Morgan fingerprint density at radius 1 is 0.895 bits per heavy atom. The first-order chi connectivity index (χ1) is 18.5. The zero-order valence-electron chi connectivity index (χ0n) is 20.6.